The molecular formula is C16H13FN2OS. The molecule has 1 fully saturated rings. The van der Waals surface area contributed by atoms with E-state index in [4.69, 9.17) is 0 Å². The van der Waals surface area contributed by atoms with Crippen molar-refractivity contribution < 1.29 is 9.18 Å². The lowest BCUT2D eigenvalue weighted by molar-refractivity contribution is 0.0787. The van der Waals surface area contributed by atoms with Gasteiger partial charge in [0.2, 0.25) is 0 Å². The molecule has 1 aromatic heterocycles. The lowest BCUT2D eigenvalue weighted by Crippen LogP contribution is -2.28. The van der Waals surface area contributed by atoms with Crippen LogP contribution in [0.2, 0.25) is 0 Å². The average Bonchev–Trinajstić information content (AvgIpc) is 3.14. The van der Waals surface area contributed by atoms with Crippen LogP contribution >= 0.6 is 11.3 Å². The van der Waals surface area contributed by atoms with Crippen molar-refractivity contribution in [2.75, 3.05) is 13.1 Å². The molecule has 0 bridgehead atoms. The number of hydrogen-bond acceptors (Lipinski definition) is 3. The van der Waals surface area contributed by atoms with Gasteiger partial charge in [-0.25, -0.2) is 9.37 Å². The van der Waals surface area contributed by atoms with Gasteiger partial charge in [0, 0.05) is 12.1 Å². The van der Waals surface area contributed by atoms with Crippen LogP contribution in [0.5, 0.6) is 0 Å². The van der Waals surface area contributed by atoms with Crippen molar-refractivity contribution in [3.05, 3.63) is 52.0 Å². The number of carbonyl (C=O) groups excluding carboxylic acids is 1. The average molecular weight is 300 g/mol. The summed E-state index contributed by atoms with van der Waals surface area (Å²) in [4.78, 5) is 18.4. The minimum Gasteiger partial charge on any atom is -0.335 e. The highest BCUT2D eigenvalue weighted by molar-refractivity contribution is 7.14. The molecule has 2 aromatic rings. The first kappa shape index (κ1) is 13.8. The second-order valence-electron chi connectivity index (χ2n) is 4.78. The Labute approximate surface area is 126 Å². The SMILES string of the molecule is O=C(c1cnc(C#Cc2ccccc2)s1)N1CCC(F)C1. The Kier molecular flexibility index (Phi) is 3.98. The number of benzene rings is 1. The quantitative estimate of drug-likeness (QED) is 0.759. The van der Waals surface area contributed by atoms with Crippen LogP contribution in [0.25, 0.3) is 0 Å². The van der Waals surface area contributed by atoms with E-state index in [-0.39, 0.29) is 12.5 Å². The van der Waals surface area contributed by atoms with Gasteiger partial charge in [0.05, 0.1) is 12.7 Å². The Morgan fingerprint density at radius 1 is 1.33 bits per heavy atom. The van der Waals surface area contributed by atoms with Crippen LogP contribution in [0.1, 0.15) is 26.7 Å². The third-order valence-corrected chi connectivity index (χ3v) is 4.12. The van der Waals surface area contributed by atoms with E-state index in [1.807, 2.05) is 30.3 Å². The number of hydrogen-bond donors (Lipinski definition) is 0. The number of aromatic nitrogens is 1. The van der Waals surface area contributed by atoms with Crippen LogP contribution < -0.4 is 0 Å². The van der Waals surface area contributed by atoms with E-state index in [2.05, 4.69) is 16.8 Å². The first-order valence-electron chi connectivity index (χ1n) is 6.68. The van der Waals surface area contributed by atoms with Crippen LogP contribution in [0.4, 0.5) is 4.39 Å². The van der Waals surface area contributed by atoms with Crippen molar-refractivity contribution in [1.29, 1.82) is 0 Å². The van der Waals surface area contributed by atoms with Crippen LogP contribution in [-0.2, 0) is 0 Å². The molecule has 0 aliphatic carbocycles. The Morgan fingerprint density at radius 2 is 2.14 bits per heavy atom. The topological polar surface area (TPSA) is 33.2 Å². The highest BCUT2D eigenvalue weighted by atomic mass is 32.1. The lowest BCUT2D eigenvalue weighted by Gasteiger charge is -2.12. The molecule has 1 aliphatic rings. The number of alkyl halides is 1. The number of carbonyl (C=O) groups is 1. The van der Waals surface area contributed by atoms with Gasteiger partial charge >= 0.3 is 0 Å². The number of likely N-dealkylation sites (tertiary alicyclic amines) is 1. The van der Waals surface area contributed by atoms with E-state index in [0.29, 0.717) is 22.9 Å². The van der Waals surface area contributed by atoms with E-state index in [0.717, 1.165) is 5.56 Å². The van der Waals surface area contributed by atoms with E-state index >= 15 is 0 Å². The van der Waals surface area contributed by atoms with Gasteiger partial charge in [-0.2, -0.15) is 0 Å². The molecular weight excluding hydrogens is 287 g/mol. The van der Waals surface area contributed by atoms with Crippen molar-refractivity contribution >= 4 is 17.2 Å². The predicted octanol–water partition coefficient (Wildman–Crippen LogP) is 2.73. The summed E-state index contributed by atoms with van der Waals surface area (Å²) in [5.74, 6) is 5.80. The summed E-state index contributed by atoms with van der Waals surface area (Å²) < 4.78 is 13.1. The minimum atomic E-state index is -0.904. The summed E-state index contributed by atoms with van der Waals surface area (Å²) in [6.45, 7) is 0.657. The second-order valence-corrected chi connectivity index (χ2v) is 5.81. The van der Waals surface area contributed by atoms with Crippen molar-refractivity contribution in [1.82, 2.24) is 9.88 Å². The van der Waals surface area contributed by atoms with Gasteiger partial charge in [0.25, 0.3) is 5.91 Å². The molecule has 1 atom stereocenters. The third kappa shape index (κ3) is 3.29. The summed E-state index contributed by atoms with van der Waals surface area (Å²) in [7, 11) is 0. The van der Waals surface area contributed by atoms with Crippen molar-refractivity contribution in [3.8, 4) is 11.8 Å². The first-order chi connectivity index (χ1) is 10.2. The van der Waals surface area contributed by atoms with Crippen LogP contribution in [0.15, 0.2) is 36.5 Å². The second kappa shape index (κ2) is 6.06. The molecule has 1 amide bonds. The Bertz CT molecular complexity index is 702. The van der Waals surface area contributed by atoms with Crippen molar-refractivity contribution in [3.63, 3.8) is 0 Å². The fourth-order valence-corrected chi connectivity index (χ4v) is 2.87. The maximum atomic E-state index is 13.1. The highest BCUT2D eigenvalue weighted by Gasteiger charge is 2.27. The van der Waals surface area contributed by atoms with Gasteiger partial charge in [0.15, 0.2) is 5.01 Å². The molecule has 0 radical (unpaired) electrons. The number of nitrogens with zero attached hydrogens (tertiary/aromatic N) is 2. The Morgan fingerprint density at radius 3 is 2.86 bits per heavy atom. The standard InChI is InChI=1S/C16H13FN2OS/c17-13-8-9-19(11-13)16(20)14-10-18-15(21-14)7-6-12-4-2-1-3-5-12/h1-5,10,13H,8-9,11H2. The molecule has 1 saturated heterocycles. The zero-order chi connectivity index (χ0) is 14.7. The summed E-state index contributed by atoms with van der Waals surface area (Å²) in [5.41, 5.74) is 0.903. The molecule has 5 heteroatoms. The van der Waals surface area contributed by atoms with Gasteiger partial charge in [-0.15, -0.1) is 11.3 Å². The number of thiazole rings is 1. The maximum absolute atomic E-state index is 13.1. The van der Waals surface area contributed by atoms with E-state index in [1.165, 1.54) is 22.4 Å². The molecule has 106 valence electrons. The molecule has 1 aliphatic heterocycles. The summed E-state index contributed by atoms with van der Waals surface area (Å²) in [5, 5.41) is 0.596. The highest BCUT2D eigenvalue weighted by Crippen LogP contribution is 2.19. The third-order valence-electron chi connectivity index (χ3n) is 3.22. The predicted molar refractivity (Wildman–Crippen MR) is 80.0 cm³/mol. The minimum absolute atomic E-state index is 0.152. The monoisotopic (exact) mass is 300 g/mol. The van der Waals surface area contributed by atoms with Gasteiger partial charge in [-0.1, -0.05) is 24.1 Å². The summed E-state index contributed by atoms with van der Waals surface area (Å²) in [6.07, 6.45) is 1.04. The maximum Gasteiger partial charge on any atom is 0.265 e. The normalized spacial score (nSPS) is 17.4. The summed E-state index contributed by atoms with van der Waals surface area (Å²) >= 11 is 1.25. The largest absolute Gasteiger partial charge is 0.335 e. The number of amides is 1. The van der Waals surface area contributed by atoms with Crippen molar-refractivity contribution in [2.45, 2.75) is 12.6 Å². The lowest BCUT2D eigenvalue weighted by atomic mass is 10.2. The number of rotatable bonds is 1. The molecule has 0 spiro atoms. The molecule has 0 saturated carbocycles. The summed E-state index contributed by atoms with van der Waals surface area (Å²) in [6, 6.07) is 9.60. The Balaban J connectivity index is 1.72. The molecule has 1 unspecified atom stereocenters. The van der Waals surface area contributed by atoms with E-state index in [9.17, 15) is 9.18 Å². The molecule has 2 heterocycles. The van der Waals surface area contributed by atoms with Gasteiger partial charge in [-0.3, -0.25) is 4.79 Å². The molecule has 0 N–H and O–H groups in total. The Hall–Kier alpha value is -2.19. The first-order valence-corrected chi connectivity index (χ1v) is 7.50. The van der Waals surface area contributed by atoms with Gasteiger partial charge in [0.1, 0.15) is 11.0 Å². The molecule has 3 rings (SSSR count). The molecule has 1 aromatic carbocycles. The number of halogens is 1. The smallest absolute Gasteiger partial charge is 0.265 e. The van der Waals surface area contributed by atoms with E-state index < -0.39 is 6.17 Å². The van der Waals surface area contributed by atoms with Gasteiger partial charge in [-0.05, 0) is 24.5 Å². The van der Waals surface area contributed by atoms with Crippen LogP contribution in [0, 0.1) is 11.8 Å². The fraction of sp³-hybridized carbons (Fsp3) is 0.250. The zero-order valence-electron chi connectivity index (χ0n) is 11.3. The van der Waals surface area contributed by atoms with Crippen LogP contribution in [-0.4, -0.2) is 35.1 Å². The van der Waals surface area contributed by atoms with Crippen LogP contribution in [0.3, 0.4) is 0 Å². The van der Waals surface area contributed by atoms with E-state index in [1.54, 1.807) is 0 Å². The zero-order valence-corrected chi connectivity index (χ0v) is 12.1. The fourth-order valence-electron chi connectivity index (χ4n) is 2.14. The molecule has 21 heavy (non-hydrogen) atoms. The van der Waals surface area contributed by atoms with Gasteiger partial charge < -0.3 is 4.90 Å². The van der Waals surface area contributed by atoms with Crippen molar-refractivity contribution in [2.24, 2.45) is 0 Å². The molecule has 3 nitrogen and oxygen atoms in total.